The van der Waals surface area contributed by atoms with E-state index in [9.17, 15) is 0 Å². The molecule has 0 fully saturated rings. The van der Waals surface area contributed by atoms with Gasteiger partial charge in [-0.1, -0.05) is 25.4 Å². The van der Waals surface area contributed by atoms with E-state index in [1.807, 2.05) is 17.5 Å². The molecule has 0 aliphatic carbocycles. The molecule has 0 aromatic carbocycles. The van der Waals surface area contributed by atoms with Crippen LogP contribution in [0.3, 0.4) is 0 Å². The van der Waals surface area contributed by atoms with Gasteiger partial charge < -0.3 is 0 Å². The lowest BCUT2D eigenvalue weighted by Crippen LogP contribution is -1.97. The van der Waals surface area contributed by atoms with Gasteiger partial charge in [-0.25, -0.2) is 9.97 Å². The third-order valence-corrected chi connectivity index (χ3v) is 4.15. The Labute approximate surface area is 112 Å². The molecule has 0 atom stereocenters. The lowest BCUT2D eigenvalue weighted by Gasteiger charge is -2.06. The van der Waals surface area contributed by atoms with E-state index in [-0.39, 0.29) is 0 Å². The van der Waals surface area contributed by atoms with E-state index >= 15 is 0 Å². The largest absolute Gasteiger partial charge is 0.232 e. The predicted octanol–water partition coefficient (Wildman–Crippen LogP) is 4.74. The fraction of sp³-hybridized carbons (Fsp3) is 0.273. The number of hydrogen-bond donors (Lipinski definition) is 0. The van der Waals surface area contributed by atoms with Gasteiger partial charge in [-0.3, -0.25) is 0 Å². The van der Waals surface area contributed by atoms with Crippen LogP contribution in [0, 0.1) is 0 Å². The van der Waals surface area contributed by atoms with Crippen molar-refractivity contribution in [3.63, 3.8) is 0 Å². The summed E-state index contributed by atoms with van der Waals surface area (Å²) in [5.74, 6) is 1.04. The number of aromatic nitrogens is 2. The van der Waals surface area contributed by atoms with Gasteiger partial charge >= 0.3 is 0 Å². The molecule has 0 aliphatic heterocycles. The van der Waals surface area contributed by atoms with Crippen molar-refractivity contribution in [3.8, 4) is 10.7 Å². The molecule has 0 saturated carbocycles. The lowest BCUT2D eigenvalue weighted by atomic mass is 10.1. The third-order valence-electron chi connectivity index (χ3n) is 2.13. The second-order valence-corrected chi connectivity index (χ2v) is 5.85. The molecule has 0 spiro atoms. The zero-order chi connectivity index (χ0) is 11.7. The lowest BCUT2D eigenvalue weighted by molar-refractivity contribution is 0.817. The molecule has 0 aliphatic rings. The maximum Gasteiger partial charge on any atom is 0.172 e. The monoisotopic (exact) mass is 316 g/mol. The van der Waals surface area contributed by atoms with Crippen LogP contribution in [-0.4, -0.2) is 9.97 Å². The van der Waals surface area contributed by atoms with Crippen molar-refractivity contribution in [2.45, 2.75) is 19.8 Å². The quantitative estimate of drug-likeness (QED) is 0.747. The number of halogens is 2. The molecule has 2 aromatic heterocycles. The second-order valence-electron chi connectivity index (χ2n) is 3.69. The number of nitrogens with zero attached hydrogens (tertiary/aromatic N) is 2. The summed E-state index contributed by atoms with van der Waals surface area (Å²) in [6, 6.07) is 3.80. The SMILES string of the molecule is CC(C)c1cc(Cl)nc(-c2sccc2Br)n1. The molecule has 0 N–H and O–H groups in total. The molecule has 0 bridgehead atoms. The van der Waals surface area contributed by atoms with E-state index in [0.717, 1.165) is 15.0 Å². The topological polar surface area (TPSA) is 25.8 Å². The minimum Gasteiger partial charge on any atom is -0.232 e. The summed E-state index contributed by atoms with van der Waals surface area (Å²) >= 11 is 11.1. The Bertz CT molecular complexity index is 510. The van der Waals surface area contributed by atoms with Gasteiger partial charge in [0.25, 0.3) is 0 Å². The summed E-state index contributed by atoms with van der Waals surface area (Å²) in [5, 5.41) is 2.49. The van der Waals surface area contributed by atoms with Gasteiger partial charge in [-0.05, 0) is 39.4 Å². The summed E-state index contributed by atoms with van der Waals surface area (Å²) in [7, 11) is 0. The van der Waals surface area contributed by atoms with Gasteiger partial charge in [0.05, 0.1) is 4.88 Å². The minimum atomic E-state index is 0.345. The summed E-state index contributed by atoms with van der Waals surface area (Å²) < 4.78 is 1.01. The van der Waals surface area contributed by atoms with Gasteiger partial charge in [-0.15, -0.1) is 11.3 Å². The molecule has 2 heterocycles. The van der Waals surface area contributed by atoms with Crippen LogP contribution in [0.15, 0.2) is 22.0 Å². The van der Waals surface area contributed by atoms with Crippen LogP contribution in [0.1, 0.15) is 25.5 Å². The summed E-state index contributed by atoms with van der Waals surface area (Å²) in [6.45, 7) is 4.18. The van der Waals surface area contributed by atoms with Crippen LogP contribution >= 0.6 is 38.9 Å². The summed E-state index contributed by atoms with van der Waals surface area (Å²) in [4.78, 5) is 9.79. The second kappa shape index (κ2) is 4.82. The zero-order valence-corrected chi connectivity index (χ0v) is 12.0. The zero-order valence-electron chi connectivity index (χ0n) is 8.87. The van der Waals surface area contributed by atoms with E-state index in [1.165, 1.54) is 0 Å². The molecule has 5 heteroatoms. The Morgan fingerprint density at radius 2 is 2.12 bits per heavy atom. The van der Waals surface area contributed by atoms with Gasteiger partial charge in [0.2, 0.25) is 0 Å². The van der Waals surface area contributed by atoms with Crippen molar-refractivity contribution in [1.29, 1.82) is 0 Å². The van der Waals surface area contributed by atoms with Gasteiger partial charge in [0.15, 0.2) is 5.82 Å². The summed E-state index contributed by atoms with van der Waals surface area (Å²) in [6.07, 6.45) is 0. The maximum absolute atomic E-state index is 6.00. The number of hydrogen-bond acceptors (Lipinski definition) is 3. The van der Waals surface area contributed by atoms with Crippen molar-refractivity contribution < 1.29 is 0 Å². The number of thiophene rings is 1. The van der Waals surface area contributed by atoms with Crippen LogP contribution in [-0.2, 0) is 0 Å². The molecule has 2 rings (SSSR count). The van der Waals surface area contributed by atoms with E-state index in [1.54, 1.807) is 11.3 Å². The van der Waals surface area contributed by atoms with Crippen LogP contribution < -0.4 is 0 Å². The standard InChI is InChI=1S/C11H10BrClN2S/c1-6(2)8-5-9(13)15-11(14-8)10-7(12)3-4-16-10/h3-6H,1-2H3. The Morgan fingerprint density at radius 3 is 2.69 bits per heavy atom. The van der Waals surface area contributed by atoms with Gasteiger partial charge in [-0.2, -0.15) is 0 Å². The Kier molecular flexibility index (Phi) is 3.62. The van der Waals surface area contributed by atoms with Crippen molar-refractivity contribution in [2.24, 2.45) is 0 Å². The molecular formula is C11H10BrClN2S. The van der Waals surface area contributed by atoms with Crippen LogP contribution in [0.5, 0.6) is 0 Å². The maximum atomic E-state index is 6.00. The van der Waals surface area contributed by atoms with E-state index < -0.39 is 0 Å². The summed E-state index contributed by atoms with van der Waals surface area (Å²) in [5.41, 5.74) is 0.968. The average Bonchev–Trinajstić information content (AvgIpc) is 2.63. The first-order valence-electron chi connectivity index (χ1n) is 4.85. The minimum absolute atomic E-state index is 0.345. The highest BCUT2D eigenvalue weighted by molar-refractivity contribution is 9.10. The number of rotatable bonds is 2. The van der Waals surface area contributed by atoms with Crippen molar-refractivity contribution in [3.05, 3.63) is 32.8 Å². The third kappa shape index (κ3) is 2.44. The Balaban J connectivity index is 2.54. The average molecular weight is 318 g/mol. The highest BCUT2D eigenvalue weighted by Crippen LogP contribution is 2.32. The van der Waals surface area contributed by atoms with Crippen LogP contribution in [0.2, 0.25) is 5.15 Å². The normalized spacial score (nSPS) is 11.1. The first-order chi connectivity index (χ1) is 7.58. The fourth-order valence-corrected chi connectivity index (χ4v) is 2.96. The van der Waals surface area contributed by atoms with Crippen LogP contribution in [0.4, 0.5) is 0 Å². The van der Waals surface area contributed by atoms with Gasteiger partial charge in [0.1, 0.15) is 5.15 Å². The smallest absolute Gasteiger partial charge is 0.172 e. The van der Waals surface area contributed by atoms with Crippen molar-refractivity contribution >= 4 is 38.9 Å². The predicted molar refractivity (Wildman–Crippen MR) is 72.1 cm³/mol. The highest BCUT2D eigenvalue weighted by Gasteiger charge is 2.11. The molecule has 16 heavy (non-hydrogen) atoms. The van der Waals surface area contributed by atoms with Gasteiger partial charge in [0, 0.05) is 10.2 Å². The molecule has 0 saturated heterocycles. The molecule has 2 nitrogen and oxygen atoms in total. The Hall–Kier alpha value is -0.450. The highest BCUT2D eigenvalue weighted by atomic mass is 79.9. The molecule has 2 aromatic rings. The fourth-order valence-electron chi connectivity index (χ4n) is 1.29. The van der Waals surface area contributed by atoms with Crippen LogP contribution in [0.25, 0.3) is 10.7 Å². The first-order valence-corrected chi connectivity index (χ1v) is 6.91. The molecule has 0 amide bonds. The van der Waals surface area contributed by atoms with Crippen molar-refractivity contribution in [1.82, 2.24) is 9.97 Å². The molecule has 0 radical (unpaired) electrons. The van der Waals surface area contributed by atoms with E-state index in [2.05, 4.69) is 39.7 Å². The molecule has 0 unspecified atom stereocenters. The molecular weight excluding hydrogens is 308 g/mol. The van der Waals surface area contributed by atoms with Crippen molar-refractivity contribution in [2.75, 3.05) is 0 Å². The Morgan fingerprint density at radius 1 is 1.38 bits per heavy atom. The van der Waals surface area contributed by atoms with E-state index in [0.29, 0.717) is 16.9 Å². The first kappa shape index (κ1) is 12.0. The van der Waals surface area contributed by atoms with E-state index in [4.69, 9.17) is 11.6 Å². The molecule has 84 valence electrons.